The Labute approximate surface area is 142 Å². The third kappa shape index (κ3) is 3.60. The first-order chi connectivity index (χ1) is 11.5. The summed E-state index contributed by atoms with van der Waals surface area (Å²) in [6, 6.07) is 6.15. The van der Waals surface area contributed by atoms with Gasteiger partial charge in [0.15, 0.2) is 0 Å². The highest BCUT2D eigenvalue weighted by Crippen LogP contribution is 2.34. The van der Waals surface area contributed by atoms with Crippen molar-refractivity contribution in [2.75, 3.05) is 13.1 Å². The first-order valence-corrected chi connectivity index (χ1v) is 8.79. The monoisotopic (exact) mass is 332 g/mol. The number of rotatable bonds is 4. The Kier molecular flexibility index (Phi) is 4.88. The summed E-state index contributed by atoms with van der Waals surface area (Å²) in [4.78, 5) is 26.8. The maximum atomic E-state index is 12.9. The largest absolute Gasteiger partial charge is 0.352 e. The normalized spacial score (nSPS) is 20.3. The zero-order chi connectivity index (χ0) is 17.2. The molecule has 1 N–H and O–H groups in total. The number of carbonyl (C=O) groups excluding carboxylic acids is 2. The molecule has 0 aromatic heterocycles. The highest BCUT2D eigenvalue weighted by atomic mass is 19.1. The van der Waals surface area contributed by atoms with E-state index in [2.05, 4.69) is 5.32 Å². The highest BCUT2D eigenvalue weighted by Gasteiger charge is 2.39. The number of nitrogens with zero attached hydrogens (tertiary/aromatic N) is 1. The zero-order valence-electron chi connectivity index (χ0n) is 14.2. The van der Waals surface area contributed by atoms with Gasteiger partial charge in [-0.05, 0) is 43.4 Å². The van der Waals surface area contributed by atoms with Gasteiger partial charge in [0, 0.05) is 31.0 Å². The van der Waals surface area contributed by atoms with Crippen molar-refractivity contribution < 1.29 is 14.0 Å². The molecule has 2 amide bonds. The predicted molar refractivity (Wildman–Crippen MR) is 89.5 cm³/mol. The Balaban J connectivity index is 1.49. The summed E-state index contributed by atoms with van der Waals surface area (Å²) in [6.07, 6.45) is 4.59. The zero-order valence-corrected chi connectivity index (χ0v) is 14.2. The molecule has 0 atom stereocenters. The lowest BCUT2D eigenvalue weighted by Crippen LogP contribution is -2.50. The van der Waals surface area contributed by atoms with Crippen LogP contribution in [0.3, 0.4) is 0 Å². The third-order valence-corrected chi connectivity index (χ3v) is 5.55. The number of piperidine rings is 1. The van der Waals surface area contributed by atoms with E-state index in [4.69, 9.17) is 0 Å². The van der Waals surface area contributed by atoms with Crippen molar-refractivity contribution in [3.05, 3.63) is 35.6 Å². The van der Waals surface area contributed by atoms with Gasteiger partial charge in [0.05, 0.1) is 0 Å². The van der Waals surface area contributed by atoms with Crippen LogP contribution in [0.4, 0.5) is 4.39 Å². The van der Waals surface area contributed by atoms with Crippen LogP contribution in [0.15, 0.2) is 24.3 Å². The van der Waals surface area contributed by atoms with E-state index in [0.29, 0.717) is 32.5 Å². The summed E-state index contributed by atoms with van der Waals surface area (Å²) in [7, 11) is 0. The Morgan fingerprint density at radius 1 is 1.21 bits per heavy atom. The van der Waals surface area contributed by atoms with E-state index in [9.17, 15) is 14.0 Å². The van der Waals surface area contributed by atoms with Crippen LogP contribution in [0.5, 0.6) is 0 Å². The molecule has 4 nitrogen and oxygen atoms in total. The quantitative estimate of drug-likeness (QED) is 0.922. The predicted octanol–water partition coefficient (Wildman–Crippen LogP) is 2.87. The van der Waals surface area contributed by atoms with Crippen LogP contribution in [0.2, 0.25) is 0 Å². The van der Waals surface area contributed by atoms with Crippen LogP contribution in [0, 0.1) is 17.2 Å². The lowest BCUT2D eigenvalue weighted by Gasteiger charge is -2.40. The van der Waals surface area contributed by atoms with Gasteiger partial charge in [-0.2, -0.15) is 0 Å². The molecule has 2 aliphatic rings. The van der Waals surface area contributed by atoms with Crippen LogP contribution in [-0.2, 0) is 16.1 Å². The number of halogens is 1. The number of nitrogens with one attached hydrogen (secondary N) is 1. The maximum absolute atomic E-state index is 12.9. The van der Waals surface area contributed by atoms with Crippen LogP contribution in [0.25, 0.3) is 0 Å². The van der Waals surface area contributed by atoms with Crippen molar-refractivity contribution >= 4 is 11.8 Å². The summed E-state index contributed by atoms with van der Waals surface area (Å²) in [6.45, 7) is 3.70. The lowest BCUT2D eigenvalue weighted by molar-refractivity contribution is -0.144. The highest BCUT2D eigenvalue weighted by molar-refractivity contribution is 5.83. The van der Waals surface area contributed by atoms with Crippen molar-refractivity contribution in [3.63, 3.8) is 0 Å². The van der Waals surface area contributed by atoms with Crippen molar-refractivity contribution in [2.24, 2.45) is 11.3 Å². The number of hydrogen-bond donors (Lipinski definition) is 1. The molecule has 130 valence electrons. The molecule has 5 heteroatoms. The van der Waals surface area contributed by atoms with Gasteiger partial charge in [0.1, 0.15) is 5.82 Å². The first-order valence-electron chi connectivity index (χ1n) is 8.79. The average molecular weight is 332 g/mol. The number of amides is 2. The van der Waals surface area contributed by atoms with Crippen LogP contribution < -0.4 is 5.32 Å². The van der Waals surface area contributed by atoms with E-state index >= 15 is 0 Å². The molecule has 0 unspecified atom stereocenters. The fourth-order valence-electron chi connectivity index (χ4n) is 3.36. The van der Waals surface area contributed by atoms with Gasteiger partial charge in [-0.1, -0.05) is 25.5 Å². The summed E-state index contributed by atoms with van der Waals surface area (Å²) in [5.74, 6) is 0.236. The number of benzene rings is 1. The standard InChI is InChI=1S/C19H25FN2O2/c1-19(18(24)21-13-14-5-7-16(20)8-6-14)9-11-22(12-10-19)17(23)15-3-2-4-15/h5-8,15H,2-4,9-13H2,1H3,(H,21,24). The van der Waals surface area contributed by atoms with E-state index in [1.165, 1.54) is 12.1 Å². The molecular formula is C19H25FN2O2. The van der Waals surface area contributed by atoms with Gasteiger partial charge in [-0.15, -0.1) is 0 Å². The molecule has 24 heavy (non-hydrogen) atoms. The van der Waals surface area contributed by atoms with Gasteiger partial charge >= 0.3 is 0 Å². The summed E-state index contributed by atoms with van der Waals surface area (Å²) in [5.41, 5.74) is 0.446. The summed E-state index contributed by atoms with van der Waals surface area (Å²) < 4.78 is 12.9. The molecular weight excluding hydrogens is 307 g/mol. The first kappa shape index (κ1) is 16.9. The maximum Gasteiger partial charge on any atom is 0.226 e. The Morgan fingerprint density at radius 2 is 1.83 bits per heavy atom. The molecule has 0 bridgehead atoms. The fraction of sp³-hybridized carbons (Fsp3) is 0.579. The minimum absolute atomic E-state index is 0.0163. The second-order valence-electron chi connectivity index (χ2n) is 7.32. The molecule has 1 saturated heterocycles. The van der Waals surface area contributed by atoms with E-state index < -0.39 is 5.41 Å². The minimum atomic E-state index is -0.434. The number of carbonyl (C=O) groups is 2. The Hall–Kier alpha value is -1.91. The molecule has 3 rings (SSSR count). The van der Waals surface area contributed by atoms with E-state index in [1.54, 1.807) is 12.1 Å². The molecule has 1 aromatic carbocycles. The van der Waals surface area contributed by atoms with Gasteiger partial charge in [-0.25, -0.2) is 4.39 Å². The van der Waals surface area contributed by atoms with Gasteiger partial charge in [-0.3, -0.25) is 9.59 Å². The fourth-order valence-corrected chi connectivity index (χ4v) is 3.36. The molecule has 1 saturated carbocycles. The molecule has 0 radical (unpaired) electrons. The van der Waals surface area contributed by atoms with Crippen LogP contribution in [-0.4, -0.2) is 29.8 Å². The van der Waals surface area contributed by atoms with Crippen LogP contribution >= 0.6 is 0 Å². The van der Waals surface area contributed by atoms with E-state index in [-0.39, 0.29) is 23.5 Å². The second kappa shape index (κ2) is 6.91. The van der Waals surface area contributed by atoms with Crippen molar-refractivity contribution in [1.29, 1.82) is 0 Å². The molecule has 1 heterocycles. The summed E-state index contributed by atoms with van der Waals surface area (Å²) in [5, 5.41) is 2.95. The topological polar surface area (TPSA) is 49.4 Å². The lowest BCUT2D eigenvalue weighted by atomic mass is 9.78. The molecule has 1 aliphatic heterocycles. The average Bonchev–Trinajstić information content (AvgIpc) is 2.53. The van der Waals surface area contributed by atoms with Crippen LogP contribution in [0.1, 0.15) is 44.6 Å². The SMILES string of the molecule is CC1(C(=O)NCc2ccc(F)cc2)CCN(C(=O)C2CCC2)CC1. The van der Waals surface area contributed by atoms with Crippen molar-refractivity contribution in [3.8, 4) is 0 Å². The van der Waals surface area contributed by atoms with Gasteiger partial charge in [0.2, 0.25) is 11.8 Å². The minimum Gasteiger partial charge on any atom is -0.352 e. The van der Waals surface area contributed by atoms with E-state index in [0.717, 1.165) is 24.8 Å². The second-order valence-corrected chi connectivity index (χ2v) is 7.32. The number of likely N-dealkylation sites (tertiary alicyclic amines) is 1. The smallest absolute Gasteiger partial charge is 0.226 e. The molecule has 1 aliphatic carbocycles. The van der Waals surface area contributed by atoms with Gasteiger partial charge in [0.25, 0.3) is 0 Å². The molecule has 2 fully saturated rings. The van der Waals surface area contributed by atoms with Crippen molar-refractivity contribution in [2.45, 2.75) is 45.6 Å². The summed E-state index contributed by atoms with van der Waals surface area (Å²) >= 11 is 0. The Bertz CT molecular complexity index is 602. The Morgan fingerprint density at radius 3 is 2.38 bits per heavy atom. The van der Waals surface area contributed by atoms with Crippen molar-refractivity contribution in [1.82, 2.24) is 10.2 Å². The van der Waals surface area contributed by atoms with E-state index in [1.807, 2.05) is 11.8 Å². The molecule has 0 spiro atoms. The molecule has 1 aromatic rings. The van der Waals surface area contributed by atoms with Gasteiger partial charge < -0.3 is 10.2 Å². The number of hydrogen-bond acceptors (Lipinski definition) is 2. The third-order valence-electron chi connectivity index (χ3n) is 5.55.